The first-order valence-electron chi connectivity index (χ1n) is 18.5. The van der Waals surface area contributed by atoms with Crippen molar-refractivity contribution in [3.63, 3.8) is 0 Å². The number of hydrogen-bond donors (Lipinski definition) is 7. The Labute approximate surface area is 348 Å². The van der Waals surface area contributed by atoms with Crippen molar-refractivity contribution in [2.75, 3.05) is 42.3 Å². The second-order valence-electron chi connectivity index (χ2n) is 13.6. The molecule has 9 N–H and O–H groups in total. The number of carbonyl (C=O) groups is 4. The average molecular weight is 819 g/mol. The Bertz CT molecular complexity index is 2930. The van der Waals surface area contributed by atoms with E-state index in [1.54, 1.807) is 85.9 Å². The van der Waals surface area contributed by atoms with Gasteiger partial charge in [-0.15, -0.1) is 10.2 Å². The molecule has 16 nitrogen and oxygen atoms in total. The van der Waals surface area contributed by atoms with Gasteiger partial charge in [0.25, 0.3) is 11.8 Å². The maximum atomic E-state index is 13.9. The van der Waals surface area contributed by atoms with E-state index in [0.717, 1.165) is 0 Å². The smallest absolute Gasteiger partial charge is 0.259 e. The molecule has 0 atom stereocenters. The van der Waals surface area contributed by atoms with Gasteiger partial charge in [-0.1, -0.05) is 54.6 Å². The highest BCUT2D eigenvalue weighted by Gasteiger charge is 2.23. The minimum absolute atomic E-state index is 0.00985. The van der Waals surface area contributed by atoms with Crippen LogP contribution in [-0.4, -0.2) is 55.1 Å². The summed E-state index contributed by atoms with van der Waals surface area (Å²) in [6, 6.07) is 32.5. The summed E-state index contributed by atoms with van der Waals surface area (Å²) in [6.07, 6.45) is 0. The Morgan fingerprint density at radius 1 is 0.607 bits per heavy atom. The van der Waals surface area contributed by atoms with Gasteiger partial charge in [0.05, 0.1) is 31.0 Å². The van der Waals surface area contributed by atoms with E-state index in [4.69, 9.17) is 20.9 Å². The summed E-state index contributed by atoms with van der Waals surface area (Å²) in [4.78, 5) is 51.4. The number of rotatable bonds is 13. The lowest BCUT2D eigenvalue weighted by Crippen LogP contribution is -2.26. The predicted octanol–water partition coefficient (Wildman–Crippen LogP) is 8.00. The molecular formula is C45H38N8O8. The second kappa shape index (κ2) is 17.1. The molecule has 7 aromatic carbocycles. The van der Waals surface area contributed by atoms with E-state index < -0.39 is 29.4 Å². The topological polar surface area (TPSA) is 243 Å². The van der Waals surface area contributed by atoms with Crippen LogP contribution >= 0.6 is 0 Å². The van der Waals surface area contributed by atoms with Gasteiger partial charge in [-0.05, 0) is 77.5 Å². The molecule has 0 radical (unpaired) electrons. The van der Waals surface area contributed by atoms with E-state index in [-0.39, 0.29) is 56.4 Å². The molecule has 7 rings (SSSR count). The standard InChI is InChI=1S/C45H38N8O8/c1-53(35-22-27(43(47)57)16-18-37(35)61-3)52-39-31-14-7-5-10-25(31)20-33(41(39)55)45(59)49-29-12-8-11-28(23-29)48-44(58)32-19-24-9-4-6-13-30(24)38(40(32)54)51-50-34-21-26(42(46)56)15-17-36(34)60-2/h4-23,52,54-55H,1-3H3,(H2,46,56)(H2,47,57)(H,48,58)(H,49,59). The fourth-order valence-corrected chi connectivity index (χ4v) is 6.64. The van der Waals surface area contributed by atoms with Crippen molar-refractivity contribution < 1.29 is 38.9 Å². The number of primary amides is 2. The van der Waals surface area contributed by atoms with E-state index in [1.807, 2.05) is 0 Å². The minimum atomic E-state index is -0.693. The van der Waals surface area contributed by atoms with Crippen LogP contribution in [0.25, 0.3) is 21.5 Å². The molecule has 7 aromatic rings. The lowest BCUT2D eigenvalue weighted by atomic mass is 10.0. The van der Waals surface area contributed by atoms with Gasteiger partial charge in [0, 0.05) is 40.3 Å². The Balaban J connectivity index is 1.15. The minimum Gasteiger partial charge on any atom is -0.505 e. The fourth-order valence-electron chi connectivity index (χ4n) is 6.64. The number of azo groups is 1. The molecule has 0 aromatic heterocycles. The van der Waals surface area contributed by atoms with Crippen molar-refractivity contribution in [3.8, 4) is 23.0 Å². The van der Waals surface area contributed by atoms with Crippen LogP contribution in [0.1, 0.15) is 41.4 Å². The van der Waals surface area contributed by atoms with Crippen LogP contribution in [0.4, 0.5) is 34.1 Å². The highest BCUT2D eigenvalue weighted by molar-refractivity contribution is 6.14. The van der Waals surface area contributed by atoms with Crippen LogP contribution in [0, 0.1) is 0 Å². The lowest BCUT2D eigenvalue weighted by Gasteiger charge is -2.26. The highest BCUT2D eigenvalue weighted by Crippen LogP contribution is 2.42. The number of amides is 4. The first kappa shape index (κ1) is 40.5. The molecule has 61 heavy (non-hydrogen) atoms. The van der Waals surface area contributed by atoms with Crippen molar-refractivity contribution in [3.05, 3.63) is 144 Å². The first-order chi connectivity index (χ1) is 29.4. The van der Waals surface area contributed by atoms with E-state index in [0.29, 0.717) is 38.7 Å². The summed E-state index contributed by atoms with van der Waals surface area (Å²) < 4.78 is 10.8. The summed E-state index contributed by atoms with van der Waals surface area (Å²) in [6.45, 7) is 0. The Morgan fingerprint density at radius 3 is 1.75 bits per heavy atom. The monoisotopic (exact) mass is 818 g/mol. The molecule has 0 spiro atoms. The molecule has 0 fully saturated rings. The Morgan fingerprint density at radius 2 is 1.15 bits per heavy atom. The molecule has 306 valence electrons. The van der Waals surface area contributed by atoms with Gasteiger partial charge in [-0.25, -0.2) is 0 Å². The number of phenolic OH excluding ortho intramolecular Hbond substituents is 2. The van der Waals surface area contributed by atoms with Crippen LogP contribution in [0.15, 0.2) is 132 Å². The predicted molar refractivity (Wildman–Crippen MR) is 233 cm³/mol. The van der Waals surface area contributed by atoms with Crippen LogP contribution in [0.3, 0.4) is 0 Å². The molecule has 16 heteroatoms. The quantitative estimate of drug-likeness (QED) is 0.0336. The third-order valence-electron chi connectivity index (χ3n) is 9.71. The van der Waals surface area contributed by atoms with E-state index in [9.17, 15) is 29.4 Å². The maximum Gasteiger partial charge on any atom is 0.259 e. The molecule has 0 unspecified atom stereocenters. The number of benzene rings is 7. The van der Waals surface area contributed by atoms with Gasteiger partial charge >= 0.3 is 0 Å². The van der Waals surface area contributed by atoms with Crippen LogP contribution in [-0.2, 0) is 0 Å². The number of hydrazine groups is 1. The van der Waals surface area contributed by atoms with E-state index in [2.05, 4.69) is 26.3 Å². The molecule has 0 bridgehead atoms. The van der Waals surface area contributed by atoms with E-state index in [1.165, 1.54) is 61.7 Å². The number of nitrogens with two attached hydrogens (primary N) is 2. The summed E-state index contributed by atoms with van der Waals surface area (Å²) in [5.41, 5.74) is 15.7. The zero-order chi connectivity index (χ0) is 43.4. The fraction of sp³-hybridized carbons (Fsp3) is 0.0667. The molecule has 0 saturated carbocycles. The molecule has 0 aliphatic carbocycles. The number of methoxy groups -OCH3 is 2. The van der Waals surface area contributed by atoms with Gasteiger partial charge in [0.15, 0.2) is 11.5 Å². The third-order valence-corrected chi connectivity index (χ3v) is 9.71. The lowest BCUT2D eigenvalue weighted by molar-refractivity contribution is 0.0992. The molecule has 0 heterocycles. The van der Waals surface area contributed by atoms with Gasteiger partial charge in [-0.2, -0.15) is 0 Å². The van der Waals surface area contributed by atoms with Crippen molar-refractivity contribution in [2.24, 2.45) is 21.7 Å². The van der Waals surface area contributed by atoms with Gasteiger partial charge in [0.2, 0.25) is 11.8 Å². The van der Waals surface area contributed by atoms with Crippen molar-refractivity contribution in [1.29, 1.82) is 0 Å². The van der Waals surface area contributed by atoms with E-state index >= 15 is 0 Å². The largest absolute Gasteiger partial charge is 0.505 e. The third kappa shape index (κ3) is 8.35. The van der Waals surface area contributed by atoms with Gasteiger partial charge < -0.3 is 41.8 Å². The number of nitrogens with one attached hydrogen (secondary N) is 3. The highest BCUT2D eigenvalue weighted by atomic mass is 16.5. The zero-order valence-electron chi connectivity index (χ0n) is 32.9. The number of phenols is 2. The molecular weight excluding hydrogens is 781 g/mol. The van der Waals surface area contributed by atoms with Crippen molar-refractivity contribution in [2.45, 2.75) is 0 Å². The normalized spacial score (nSPS) is 11.0. The number of anilines is 4. The maximum absolute atomic E-state index is 13.9. The SMILES string of the molecule is COc1ccc(C(N)=O)cc1N=Nc1c(O)c(C(=O)Nc2cccc(NC(=O)c3cc4ccccc4c(NN(C)c4cc(C(N)=O)ccc4OC)c3O)c2)cc2ccccc12. The Hall–Kier alpha value is -8.66. The number of carbonyl (C=O) groups excluding carboxylic acids is 4. The van der Waals surface area contributed by atoms with Crippen LogP contribution in [0.5, 0.6) is 23.0 Å². The number of ether oxygens (including phenoxy) is 2. The zero-order valence-corrected chi connectivity index (χ0v) is 32.9. The van der Waals surface area contributed by atoms with Gasteiger partial charge in [0.1, 0.15) is 28.6 Å². The summed E-state index contributed by atoms with van der Waals surface area (Å²) in [5, 5.41) is 41.0. The molecule has 0 aliphatic rings. The summed E-state index contributed by atoms with van der Waals surface area (Å²) in [5.74, 6) is -2.79. The summed E-state index contributed by atoms with van der Waals surface area (Å²) >= 11 is 0. The van der Waals surface area contributed by atoms with Crippen molar-refractivity contribution >= 4 is 79.3 Å². The van der Waals surface area contributed by atoms with Crippen molar-refractivity contribution in [1.82, 2.24) is 0 Å². The van der Waals surface area contributed by atoms with Gasteiger partial charge in [-0.3, -0.25) is 29.6 Å². The van der Waals surface area contributed by atoms with Crippen LogP contribution in [0.2, 0.25) is 0 Å². The number of aromatic hydroxyl groups is 2. The number of fused-ring (bicyclic) bond motifs is 2. The number of nitrogens with zero attached hydrogens (tertiary/aromatic N) is 3. The second-order valence-corrected chi connectivity index (χ2v) is 13.6. The molecule has 0 saturated heterocycles. The van der Waals surface area contributed by atoms with Crippen LogP contribution < -0.4 is 42.0 Å². The first-order valence-corrected chi connectivity index (χ1v) is 18.5. The average Bonchev–Trinajstić information content (AvgIpc) is 3.26. The molecule has 4 amide bonds. The molecule has 0 aliphatic heterocycles. The number of hydrogen-bond acceptors (Lipinski definition) is 12. The summed E-state index contributed by atoms with van der Waals surface area (Å²) in [7, 11) is 4.55. The Kier molecular flexibility index (Phi) is 11.3.